The van der Waals surface area contributed by atoms with E-state index in [2.05, 4.69) is 12.2 Å². The second kappa shape index (κ2) is 9.70. The van der Waals surface area contributed by atoms with E-state index in [1.807, 2.05) is 0 Å². The molecule has 0 aliphatic carbocycles. The summed E-state index contributed by atoms with van der Waals surface area (Å²) in [6.07, 6.45) is 2.59. The van der Waals surface area contributed by atoms with E-state index in [9.17, 15) is 14.0 Å². The standard InChI is InChI=1S/C21H25FN2O2/c1-3-4-14-24(2)21(26)18-7-5-6-17(15-18)20(25)23-13-12-16-8-10-19(22)11-9-16/h5-11,15H,3-4,12-14H2,1-2H3,(H,23,25). The van der Waals surface area contributed by atoms with Gasteiger partial charge in [-0.2, -0.15) is 0 Å². The van der Waals surface area contributed by atoms with Gasteiger partial charge in [-0.15, -0.1) is 0 Å². The Morgan fingerprint density at radius 1 is 1.08 bits per heavy atom. The highest BCUT2D eigenvalue weighted by molar-refractivity contribution is 5.99. The van der Waals surface area contributed by atoms with E-state index in [0.717, 1.165) is 18.4 Å². The number of carbonyl (C=O) groups excluding carboxylic acids is 2. The maximum Gasteiger partial charge on any atom is 0.253 e. The molecule has 0 saturated carbocycles. The molecule has 4 nitrogen and oxygen atoms in total. The normalized spacial score (nSPS) is 10.4. The van der Waals surface area contributed by atoms with Crippen LogP contribution < -0.4 is 5.32 Å². The first kappa shape index (κ1) is 19.6. The molecule has 5 heteroatoms. The van der Waals surface area contributed by atoms with Crippen LogP contribution in [0.1, 0.15) is 46.0 Å². The molecule has 0 bridgehead atoms. The zero-order valence-electron chi connectivity index (χ0n) is 15.3. The second-order valence-electron chi connectivity index (χ2n) is 6.29. The van der Waals surface area contributed by atoms with Gasteiger partial charge in [-0.3, -0.25) is 9.59 Å². The van der Waals surface area contributed by atoms with Gasteiger partial charge in [0.2, 0.25) is 0 Å². The molecule has 0 aromatic heterocycles. The molecule has 0 unspecified atom stereocenters. The van der Waals surface area contributed by atoms with E-state index in [4.69, 9.17) is 0 Å². The minimum absolute atomic E-state index is 0.0839. The van der Waals surface area contributed by atoms with Gasteiger partial charge in [-0.1, -0.05) is 31.5 Å². The number of nitrogens with zero attached hydrogens (tertiary/aromatic N) is 1. The summed E-state index contributed by atoms with van der Waals surface area (Å²) >= 11 is 0. The molecule has 138 valence electrons. The predicted molar refractivity (Wildman–Crippen MR) is 101 cm³/mol. The molecule has 0 aliphatic heterocycles. The highest BCUT2D eigenvalue weighted by atomic mass is 19.1. The van der Waals surface area contributed by atoms with Crippen molar-refractivity contribution in [3.05, 3.63) is 71.0 Å². The molecule has 0 radical (unpaired) electrons. The summed E-state index contributed by atoms with van der Waals surface area (Å²) in [4.78, 5) is 26.4. The third-order valence-corrected chi connectivity index (χ3v) is 4.18. The number of hydrogen-bond acceptors (Lipinski definition) is 2. The van der Waals surface area contributed by atoms with Crippen molar-refractivity contribution in [3.8, 4) is 0 Å². The smallest absolute Gasteiger partial charge is 0.253 e. The first-order valence-corrected chi connectivity index (χ1v) is 8.89. The van der Waals surface area contributed by atoms with Crippen molar-refractivity contribution in [3.63, 3.8) is 0 Å². The lowest BCUT2D eigenvalue weighted by Crippen LogP contribution is -2.29. The average molecular weight is 356 g/mol. The second-order valence-corrected chi connectivity index (χ2v) is 6.29. The van der Waals surface area contributed by atoms with Crippen LogP contribution in [0.25, 0.3) is 0 Å². The molecule has 0 spiro atoms. The van der Waals surface area contributed by atoms with E-state index in [1.54, 1.807) is 48.3 Å². The van der Waals surface area contributed by atoms with Gasteiger partial charge in [0.15, 0.2) is 0 Å². The number of halogens is 1. The lowest BCUT2D eigenvalue weighted by Gasteiger charge is -2.17. The van der Waals surface area contributed by atoms with Gasteiger partial charge >= 0.3 is 0 Å². The third-order valence-electron chi connectivity index (χ3n) is 4.18. The Kier molecular flexibility index (Phi) is 7.33. The number of nitrogens with one attached hydrogen (secondary N) is 1. The lowest BCUT2D eigenvalue weighted by atomic mass is 10.1. The van der Waals surface area contributed by atoms with Gasteiger partial charge in [-0.05, 0) is 48.7 Å². The molecular weight excluding hydrogens is 331 g/mol. The molecule has 2 aromatic rings. The maximum absolute atomic E-state index is 12.9. The van der Waals surface area contributed by atoms with E-state index in [0.29, 0.717) is 30.6 Å². The van der Waals surface area contributed by atoms with Crippen LogP contribution in [0.5, 0.6) is 0 Å². The molecule has 0 aliphatic rings. The monoisotopic (exact) mass is 356 g/mol. The Bertz CT molecular complexity index is 744. The molecule has 2 amide bonds. The van der Waals surface area contributed by atoms with Crippen LogP contribution in [0.3, 0.4) is 0 Å². The van der Waals surface area contributed by atoms with Gasteiger partial charge in [0.25, 0.3) is 11.8 Å². The van der Waals surface area contributed by atoms with Crippen molar-refractivity contribution in [1.29, 1.82) is 0 Å². The highest BCUT2D eigenvalue weighted by Gasteiger charge is 2.13. The molecule has 0 atom stereocenters. The van der Waals surface area contributed by atoms with Crippen LogP contribution >= 0.6 is 0 Å². The van der Waals surface area contributed by atoms with E-state index in [-0.39, 0.29) is 17.6 Å². The summed E-state index contributed by atoms with van der Waals surface area (Å²) in [7, 11) is 1.77. The minimum atomic E-state index is -0.275. The number of amides is 2. The van der Waals surface area contributed by atoms with Crippen LogP contribution in [0.4, 0.5) is 4.39 Å². The Morgan fingerprint density at radius 2 is 1.77 bits per heavy atom. The Labute approximate surface area is 154 Å². The van der Waals surface area contributed by atoms with Crippen molar-refractivity contribution in [1.82, 2.24) is 10.2 Å². The largest absolute Gasteiger partial charge is 0.352 e. The summed E-state index contributed by atoms with van der Waals surface area (Å²) in [5.74, 6) is -0.583. The first-order chi connectivity index (χ1) is 12.5. The summed E-state index contributed by atoms with van der Waals surface area (Å²) in [6.45, 7) is 3.22. The van der Waals surface area contributed by atoms with Gasteiger partial charge in [0.05, 0.1) is 0 Å². The van der Waals surface area contributed by atoms with Crippen molar-refractivity contribution in [2.24, 2.45) is 0 Å². The Morgan fingerprint density at radius 3 is 2.46 bits per heavy atom. The molecule has 2 rings (SSSR count). The van der Waals surface area contributed by atoms with Crippen LogP contribution in [-0.2, 0) is 6.42 Å². The fourth-order valence-electron chi connectivity index (χ4n) is 2.58. The number of rotatable bonds is 8. The Hall–Kier alpha value is -2.69. The molecule has 0 saturated heterocycles. The summed E-state index contributed by atoms with van der Waals surface area (Å²) in [5.41, 5.74) is 1.92. The molecule has 26 heavy (non-hydrogen) atoms. The number of carbonyl (C=O) groups is 2. The Balaban J connectivity index is 1.92. The maximum atomic E-state index is 12.9. The highest BCUT2D eigenvalue weighted by Crippen LogP contribution is 2.09. The van der Waals surface area contributed by atoms with E-state index in [1.165, 1.54) is 12.1 Å². The fraction of sp³-hybridized carbons (Fsp3) is 0.333. The molecule has 0 fully saturated rings. The van der Waals surface area contributed by atoms with Gasteiger partial charge in [-0.25, -0.2) is 4.39 Å². The van der Waals surface area contributed by atoms with Gasteiger partial charge < -0.3 is 10.2 Å². The minimum Gasteiger partial charge on any atom is -0.352 e. The third kappa shape index (κ3) is 5.69. The lowest BCUT2D eigenvalue weighted by molar-refractivity contribution is 0.0793. The number of hydrogen-bond donors (Lipinski definition) is 1. The number of benzene rings is 2. The summed E-state index contributed by atoms with van der Waals surface area (Å²) < 4.78 is 12.9. The van der Waals surface area contributed by atoms with Crippen LogP contribution in [-0.4, -0.2) is 36.9 Å². The van der Waals surface area contributed by atoms with Crippen molar-refractivity contribution in [2.75, 3.05) is 20.1 Å². The zero-order chi connectivity index (χ0) is 18.9. The predicted octanol–water partition coefficient (Wildman–Crippen LogP) is 3.67. The average Bonchev–Trinajstić information content (AvgIpc) is 2.67. The molecule has 2 aromatic carbocycles. The summed E-state index contributed by atoms with van der Waals surface area (Å²) in [6, 6.07) is 13.0. The van der Waals surface area contributed by atoms with Crippen molar-refractivity contribution >= 4 is 11.8 Å². The summed E-state index contributed by atoms with van der Waals surface area (Å²) in [5, 5.41) is 2.83. The van der Waals surface area contributed by atoms with Gasteiger partial charge in [0, 0.05) is 31.3 Å². The van der Waals surface area contributed by atoms with E-state index >= 15 is 0 Å². The molecular formula is C21H25FN2O2. The van der Waals surface area contributed by atoms with Crippen LogP contribution in [0, 0.1) is 5.82 Å². The van der Waals surface area contributed by atoms with Gasteiger partial charge in [0.1, 0.15) is 5.82 Å². The first-order valence-electron chi connectivity index (χ1n) is 8.89. The van der Waals surface area contributed by atoms with Crippen LogP contribution in [0.15, 0.2) is 48.5 Å². The van der Waals surface area contributed by atoms with Crippen LogP contribution in [0.2, 0.25) is 0 Å². The SMILES string of the molecule is CCCCN(C)C(=O)c1cccc(C(=O)NCCc2ccc(F)cc2)c1. The van der Waals surface area contributed by atoms with Crippen molar-refractivity contribution in [2.45, 2.75) is 26.2 Å². The quantitative estimate of drug-likeness (QED) is 0.784. The molecule has 0 heterocycles. The topological polar surface area (TPSA) is 49.4 Å². The van der Waals surface area contributed by atoms with Crippen molar-refractivity contribution < 1.29 is 14.0 Å². The fourth-order valence-corrected chi connectivity index (χ4v) is 2.58. The molecule has 1 N–H and O–H groups in total. The number of unbranched alkanes of at least 4 members (excludes halogenated alkanes) is 1. The zero-order valence-corrected chi connectivity index (χ0v) is 15.3. The van der Waals surface area contributed by atoms with E-state index < -0.39 is 0 Å².